The van der Waals surface area contributed by atoms with Crippen molar-refractivity contribution < 1.29 is 19.4 Å². The molecule has 6 rings (SSSR count). The van der Waals surface area contributed by atoms with Gasteiger partial charge in [-0.3, -0.25) is 4.79 Å². The number of aliphatic hydroxyl groups is 1. The molecule has 0 aromatic heterocycles. The smallest absolute Gasteiger partial charge is 0.181 e. The number of hydrogen-bond acceptors (Lipinski definition) is 4. The zero-order chi connectivity index (χ0) is 17.3. The molecule has 0 aromatic rings. The molecule has 0 aromatic carbocycles. The fourth-order valence-electron chi connectivity index (χ4n) is 9.34. The number of carbonyl (C=O) groups is 1. The number of ether oxygens (including phenoxy) is 2. The molecule has 1 saturated heterocycles. The van der Waals surface area contributed by atoms with E-state index in [1.165, 1.54) is 12.8 Å². The number of fused-ring (bicyclic) bond motifs is 3. The Morgan fingerprint density at radius 2 is 1.80 bits per heavy atom. The lowest BCUT2D eigenvalue weighted by Gasteiger charge is -2.65. The highest BCUT2D eigenvalue weighted by molar-refractivity contribution is 5.88. The Balaban J connectivity index is 1.61. The summed E-state index contributed by atoms with van der Waals surface area (Å²) >= 11 is 0. The van der Waals surface area contributed by atoms with Crippen LogP contribution in [-0.4, -0.2) is 35.5 Å². The summed E-state index contributed by atoms with van der Waals surface area (Å²) in [5.41, 5.74) is -1.05. The minimum atomic E-state index is -0.798. The Hall–Kier alpha value is -0.450. The topological polar surface area (TPSA) is 55.8 Å². The highest BCUT2D eigenvalue weighted by atomic mass is 16.7. The fraction of sp³-hybridized carbons (Fsp3) is 0.952. The van der Waals surface area contributed by atoms with Crippen molar-refractivity contribution in [1.29, 1.82) is 0 Å². The molecular formula is C21H30O4. The predicted octanol–water partition coefficient (Wildman–Crippen LogP) is 3.07. The van der Waals surface area contributed by atoms with Crippen molar-refractivity contribution >= 4 is 5.78 Å². The van der Waals surface area contributed by atoms with E-state index in [9.17, 15) is 9.90 Å². The van der Waals surface area contributed by atoms with Gasteiger partial charge in [-0.2, -0.15) is 0 Å². The lowest BCUT2D eigenvalue weighted by atomic mass is 9.41. The molecular weight excluding hydrogens is 316 g/mol. The van der Waals surface area contributed by atoms with E-state index in [1.54, 1.807) is 0 Å². The minimum Gasteiger partial charge on any atom is -0.389 e. The number of ketones is 1. The molecule has 4 heteroatoms. The van der Waals surface area contributed by atoms with E-state index in [2.05, 4.69) is 13.8 Å². The molecule has 4 nitrogen and oxygen atoms in total. The number of hydrogen-bond donors (Lipinski definition) is 1. The molecule has 6 aliphatic rings. The molecule has 0 unspecified atom stereocenters. The fourth-order valence-corrected chi connectivity index (χ4v) is 9.34. The molecule has 1 heterocycles. The summed E-state index contributed by atoms with van der Waals surface area (Å²) in [6, 6.07) is 0. The monoisotopic (exact) mass is 346 g/mol. The molecule has 5 saturated carbocycles. The average molecular weight is 346 g/mol. The maximum absolute atomic E-state index is 13.1. The van der Waals surface area contributed by atoms with E-state index < -0.39 is 16.8 Å². The molecule has 5 aliphatic carbocycles. The van der Waals surface area contributed by atoms with Crippen LogP contribution in [-0.2, 0) is 14.3 Å². The third-order valence-corrected chi connectivity index (χ3v) is 10.4. The third kappa shape index (κ3) is 1.30. The second-order valence-corrected chi connectivity index (χ2v) is 10.4. The van der Waals surface area contributed by atoms with Crippen molar-refractivity contribution in [3.05, 3.63) is 0 Å². The van der Waals surface area contributed by atoms with Crippen LogP contribution in [0.25, 0.3) is 0 Å². The van der Waals surface area contributed by atoms with Gasteiger partial charge in [0, 0.05) is 18.3 Å². The standard InChI is InChI=1S/C21H30O4/c1-17-7-8-19(23)11-13(17)3-4-15-14-5-6-16(22)18(14,2)21(12-20(15,17)19)24-9-10-25-21/h13-15,23H,3-12H2,1-2H3/t13-,14+,15+,17+,18+,19+,20-/m0/s1. The van der Waals surface area contributed by atoms with E-state index in [-0.39, 0.29) is 10.8 Å². The van der Waals surface area contributed by atoms with Crippen LogP contribution in [0.5, 0.6) is 0 Å². The Morgan fingerprint density at radius 3 is 2.56 bits per heavy atom. The molecule has 1 N–H and O–H groups in total. The highest BCUT2D eigenvalue weighted by Crippen LogP contribution is 2.83. The molecule has 2 spiro atoms. The lowest BCUT2D eigenvalue weighted by molar-refractivity contribution is -0.319. The Kier molecular flexibility index (Phi) is 2.60. The van der Waals surface area contributed by atoms with Crippen LogP contribution in [0, 0.1) is 34.0 Å². The van der Waals surface area contributed by atoms with Gasteiger partial charge in [0.1, 0.15) is 5.78 Å². The molecule has 6 fully saturated rings. The quantitative estimate of drug-likeness (QED) is 0.732. The average Bonchev–Trinajstić information content (AvgIpc) is 3.24. The molecule has 4 bridgehead atoms. The van der Waals surface area contributed by atoms with Crippen molar-refractivity contribution in [2.24, 2.45) is 34.0 Å². The summed E-state index contributed by atoms with van der Waals surface area (Å²) in [5, 5.41) is 11.9. The van der Waals surface area contributed by atoms with Crippen LogP contribution in [0.15, 0.2) is 0 Å². The second-order valence-electron chi connectivity index (χ2n) is 10.4. The Bertz CT molecular complexity index is 669. The van der Waals surface area contributed by atoms with E-state index in [1.807, 2.05) is 0 Å². The van der Waals surface area contributed by atoms with Gasteiger partial charge in [-0.25, -0.2) is 0 Å². The van der Waals surface area contributed by atoms with E-state index in [0.29, 0.717) is 43.2 Å². The van der Waals surface area contributed by atoms with Gasteiger partial charge < -0.3 is 14.6 Å². The van der Waals surface area contributed by atoms with Gasteiger partial charge >= 0.3 is 0 Å². The van der Waals surface area contributed by atoms with Gasteiger partial charge in [-0.15, -0.1) is 0 Å². The van der Waals surface area contributed by atoms with Crippen molar-refractivity contribution in [3.8, 4) is 0 Å². The summed E-state index contributed by atoms with van der Waals surface area (Å²) in [4.78, 5) is 13.1. The second kappa shape index (κ2) is 4.18. The largest absolute Gasteiger partial charge is 0.389 e. The zero-order valence-electron chi connectivity index (χ0n) is 15.5. The van der Waals surface area contributed by atoms with E-state index in [4.69, 9.17) is 9.47 Å². The summed E-state index contributed by atoms with van der Waals surface area (Å²) in [5.74, 6) is 0.905. The van der Waals surface area contributed by atoms with Gasteiger partial charge in [0.25, 0.3) is 0 Å². The van der Waals surface area contributed by atoms with Gasteiger partial charge in [-0.1, -0.05) is 6.92 Å². The number of Topliss-reactive ketones (excluding diaryl/α,β-unsaturated/α-hetero) is 1. The number of carbonyl (C=O) groups excluding carboxylic acids is 1. The van der Waals surface area contributed by atoms with Crippen molar-refractivity contribution in [2.75, 3.05) is 13.2 Å². The highest BCUT2D eigenvalue weighted by Gasteiger charge is 2.84. The molecule has 1 aliphatic heterocycles. The Labute approximate surface area is 149 Å². The van der Waals surface area contributed by atoms with Crippen LogP contribution in [0.1, 0.15) is 65.2 Å². The molecule has 25 heavy (non-hydrogen) atoms. The third-order valence-electron chi connectivity index (χ3n) is 10.4. The SMILES string of the molecule is C[C@]12C(=O)CC[C@@H]1[C@H]1CC[C@H]3C[C@]4(O)CC[C@@]3(C)[C@]14CC21OCCO1. The molecule has 0 radical (unpaired) electrons. The molecule has 138 valence electrons. The van der Waals surface area contributed by atoms with Crippen LogP contribution >= 0.6 is 0 Å². The first kappa shape index (κ1) is 15.6. The van der Waals surface area contributed by atoms with Crippen molar-refractivity contribution in [2.45, 2.75) is 76.6 Å². The number of rotatable bonds is 0. The van der Waals surface area contributed by atoms with Gasteiger partial charge in [0.15, 0.2) is 5.79 Å². The summed E-state index contributed by atoms with van der Waals surface area (Å²) < 4.78 is 12.6. The normalized spacial score (nSPS) is 60.9. The van der Waals surface area contributed by atoms with E-state index >= 15 is 0 Å². The van der Waals surface area contributed by atoms with Gasteiger partial charge in [-0.05, 0) is 68.6 Å². The minimum absolute atomic E-state index is 0.123. The predicted molar refractivity (Wildman–Crippen MR) is 90.6 cm³/mol. The first-order valence-electron chi connectivity index (χ1n) is 10.4. The summed E-state index contributed by atoms with van der Waals surface area (Å²) in [6.07, 6.45) is 7.73. The van der Waals surface area contributed by atoms with E-state index in [0.717, 1.165) is 32.1 Å². The molecule has 7 atom stereocenters. The summed E-state index contributed by atoms with van der Waals surface area (Å²) in [6.45, 7) is 5.72. The first-order chi connectivity index (χ1) is 11.8. The van der Waals surface area contributed by atoms with Gasteiger partial charge in [0.2, 0.25) is 0 Å². The summed E-state index contributed by atoms with van der Waals surface area (Å²) in [7, 11) is 0. The molecule has 0 amide bonds. The first-order valence-corrected chi connectivity index (χ1v) is 10.4. The lowest BCUT2D eigenvalue weighted by Crippen LogP contribution is -2.69. The Morgan fingerprint density at radius 1 is 1.04 bits per heavy atom. The van der Waals surface area contributed by atoms with Gasteiger partial charge in [0.05, 0.1) is 24.2 Å². The van der Waals surface area contributed by atoms with Crippen molar-refractivity contribution in [1.82, 2.24) is 0 Å². The van der Waals surface area contributed by atoms with Crippen LogP contribution in [0.2, 0.25) is 0 Å². The zero-order valence-corrected chi connectivity index (χ0v) is 15.5. The van der Waals surface area contributed by atoms with Crippen LogP contribution < -0.4 is 0 Å². The van der Waals surface area contributed by atoms with Crippen molar-refractivity contribution in [3.63, 3.8) is 0 Å². The maximum atomic E-state index is 13.1. The van der Waals surface area contributed by atoms with Crippen LogP contribution in [0.3, 0.4) is 0 Å². The van der Waals surface area contributed by atoms with Crippen LogP contribution in [0.4, 0.5) is 0 Å². The maximum Gasteiger partial charge on any atom is 0.181 e.